The molecule has 0 heterocycles. The zero-order chi connectivity index (χ0) is 14.6. The Bertz CT molecular complexity index is 530. The molecule has 0 saturated carbocycles. The number of aliphatic carboxylic acids is 2. The van der Waals surface area contributed by atoms with E-state index in [9.17, 15) is 23.9 Å². The smallest absolute Gasteiger partial charge is 0.326 e. The van der Waals surface area contributed by atoms with Gasteiger partial charge in [0.25, 0.3) is 5.91 Å². The normalized spacial score (nSPS) is 11.6. The zero-order valence-corrected chi connectivity index (χ0v) is 9.46. The average Bonchev–Trinajstić information content (AvgIpc) is 2.30. The second-order valence-electron chi connectivity index (χ2n) is 3.62. The lowest BCUT2D eigenvalue weighted by Crippen LogP contribution is -2.42. The highest BCUT2D eigenvalue weighted by Gasteiger charge is 2.24. The molecule has 1 aromatic carbocycles. The fourth-order valence-corrected chi connectivity index (χ4v) is 1.30. The fraction of sp³-hybridized carbons (Fsp3) is 0.182. The molecule has 1 atom stereocenters. The number of carbonyl (C=O) groups excluding carboxylic acids is 1. The van der Waals surface area contributed by atoms with E-state index < -0.39 is 47.4 Å². The molecule has 8 heteroatoms. The van der Waals surface area contributed by atoms with Gasteiger partial charge in [0.15, 0.2) is 0 Å². The minimum atomic E-state index is -1.67. The van der Waals surface area contributed by atoms with E-state index in [-0.39, 0.29) is 0 Å². The Morgan fingerprint density at radius 2 is 1.89 bits per heavy atom. The van der Waals surface area contributed by atoms with E-state index in [4.69, 9.17) is 10.2 Å². The van der Waals surface area contributed by atoms with Gasteiger partial charge in [0.2, 0.25) is 0 Å². The Kier molecular flexibility index (Phi) is 4.41. The van der Waals surface area contributed by atoms with Crippen LogP contribution in [0.4, 0.5) is 4.39 Å². The van der Waals surface area contributed by atoms with Gasteiger partial charge in [-0.1, -0.05) is 0 Å². The number of rotatable bonds is 5. The molecule has 0 aliphatic heterocycles. The van der Waals surface area contributed by atoms with Crippen molar-refractivity contribution in [3.8, 4) is 5.75 Å². The second-order valence-corrected chi connectivity index (χ2v) is 3.62. The molecule has 0 fully saturated rings. The first kappa shape index (κ1) is 14.4. The van der Waals surface area contributed by atoms with Crippen LogP contribution >= 0.6 is 0 Å². The second kappa shape index (κ2) is 5.80. The maximum atomic E-state index is 12.9. The highest BCUT2D eigenvalue weighted by Crippen LogP contribution is 2.17. The van der Waals surface area contributed by atoms with Crippen LogP contribution < -0.4 is 5.32 Å². The van der Waals surface area contributed by atoms with Crippen molar-refractivity contribution < 1.29 is 34.1 Å². The quantitative estimate of drug-likeness (QED) is 0.606. The van der Waals surface area contributed by atoms with Crippen molar-refractivity contribution in [1.29, 1.82) is 0 Å². The standard InChI is InChI=1S/C11H10FNO6/c12-5-1-2-8(14)6(3-5)10(17)13-7(11(18)19)4-9(15)16/h1-3,7,14H,4H2,(H,13,17)(H,15,16)(H,18,19)/t7-/m0/s1. The topological polar surface area (TPSA) is 124 Å². The van der Waals surface area contributed by atoms with Gasteiger partial charge in [0, 0.05) is 0 Å². The lowest BCUT2D eigenvalue weighted by molar-refractivity contribution is -0.145. The summed E-state index contributed by atoms with van der Waals surface area (Å²) in [4.78, 5) is 32.8. The number of amides is 1. The van der Waals surface area contributed by atoms with Crippen molar-refractivity contribution in [2.75, 3.05) is 0 Å². The van der Waals surface area contributed by atoms with E-state index in [1.165, 1.54) is 0 Å². The van der Waals surface area contributed by atoms with E-state index in [1.807, 2.05) is 5.32 Å². The minimum absolute atomic E-state index is 0.475. The van der Waals surface area contributed by atoms with Gasteiger partial charge in [-0.3, -0.25) is 9.59 Å². The third-order valence-electron chi connectivity index (χ3n) is 2.19. The van der Waals surface area contributed by atoms with E-state index in [1.54, 1.807) is 0 Å². The summed E-state index contributed by atoms with van der Waals surface area (Å²) >= 11 is 0. The van der Waals surface area contributed by atoms with Gasteiger partial charge in [0.05, 0.1) is 12.0 Å². The summed E-state index contributed by atoms with van der Waals surface area (Å²) in [7, 11) is 0. The van der Waals surface area contributed by atoms with Crippen LogP contribution in [0.5, 0.6) is 5.75 Å². The molecule has 102 valence electrons. The lowest BCUT2D eigenvalue weighted by Gasteiger charge is -2.13. The lowest BCUT2D eigenvalue weighted by atomic mass is 10.1. The Balaban J connectivity index is 2.90. The number of nitrogens with one attached hydrogen (secondary N) is 1. The molecule has 19 heavy (non-hydrogen) atoms. The molecule has 4 N–H and O–H groups in total. The maximum Gasteiger partial charge on any atom is 0.326 e. The van der Waals surface area contributed by atoms with Gasteiger partial charge in [-0.05, 0) is 18.2 Å². The number of carboxylic acid groups (broad SMARTS) is 2. The number of benzene rings is 1. The number of halogens is 1. The summed E-state index contributed by atoms with van der Waals surface area (Å²) in [5.41, 5.74) is -0.475. The summed E-state index contributed by atoms with van der Waals surface area (Å²) in [6.07, 6.45) is -0.836. The molecular weight excluding hydrogens is 261 g/mol. The van der Waals surface area contributed by atoms with Crippen LogP contribution in [-0.2, 0) is 9.59 Å². The van der Waals surface area contributed by atoms with Crippen LogP contribution in [-0.4, -0.2) is 39.2 Å². The minimum Gasteiger partial charge on any atom is -0.507 e. The van der Waals surface area contributed by atoms with Crippen LogP contribution in [0.1, 0.15) is 16.8 Å². The molecule has 1 amide bonds. The van der Waals surface area contributed by atoms with Gasteiger partial charge in [-0.2, -0.15) is 0 Å². The number of carbonyl (C=O) groups is 3. The van der Waals surface area contributed by atoms with E-state index in [2.05, 4.69) is 0 Å². The molecule has 1 rings (SSSR count). The summed E-state index contributed by atoms with van der Waals surface area (Å²) in [5.74, 6) is -5.39. The highest BCUT2D eigenvalue weighted by molar-refractivity contribution is 5.99. The predicted molar refractivity (Wildman–Crippen MR) is 59.2 cm³/mol. The Labute approximate surface area is 106 Å². The highest BCUT2D eigenvalue weighted by atomic mass is 19.1. The van der Waals surface area contributed by atoms with Gasteiger partial charge < -0.3 is 20.6 Å². The summed E-state index contributed by atoms with van der Waals surface area (Å²) in [6, 6.07) is 0.882. The van der Waals surface area contributed by atoms with Crippen molar-refractivity contribution in [2.45, 2.75) is 12.5 Å². The summed E-state index contributed by atoms with van der Waals surface area (Å²) in [5, 5.41) is 28.5. The van der Waals surface area contributed by atoms with Crippen molar-refractivity contribution in [1.82, 2.24) is 5.32 Å². The Morgan fingerprint density at radius 1 is 1.26 bits per heavy atom. The molecule has 0 saturated heterocycles. The Hall–Kier alpha value is -2.64. The molecule has 0 bridgehead atoms. The first-order valence-electron chi connectivity index (χ1n) is 5.05. The maximum absolute atomic E-state index is 12.9. The van der Waals surface area contributed by atoms with Gasteiger partial charge in [-0.25, -0.2) is 9.18 Å². The molecule has 0 unspecified atom stereocenters. The van der Waals surface area contributed by atoms with Crippen LogP contribution in [0.2, 0.25) is 0 Å². The van der Waals surface area contributed by atoms with Crippen molar-refractivity contribution >= 4 is 17.8 Å². The molecule has 0 aliphatic carbocycles. The largest absolute Gasteiger partial charge is 0.507 e. The zero-order valence-electron chi connectivity index (χ0n) is 9.46. The number of carboxylic acids is 2. The average molecular weight is 271 g/mol. The van der Waals surface area contributed by atoms with Crippen molar-refractivity contribution in [3.05, 3.63) is 29.6 Å². The SMILES string of the molecule is O=C(O)C[C@H](NC(=O)c1cc(F)ccc1O)C(=O)O. The molecule has 1 aromatic rings. The molecule has 7 nitrogen and oxygen atoms in total. The summed E-state index contributed by atoms with van der Waals surface area (Å²) in [6.45, 7) is 0. The molecular formula is C11H10FNO6. The van der Waals surface area contributed by atoms with E-state index in [0.717, 1.165) is 12.1 Å². The van der Waals surface area contributed by atoms with E-state index in [0.29, 0.717) is 6.07 Å². The van der Waals surface area contributed by atoms with E-state index >= 15 is 0 Å². The molecule has 0 aromatic heterocycles. The van der Waals surface area contributed by atoms with Crippen molar-refractivity contribution in [2.24, 2.45) is 0 Å². The Morgan fingerprint density at radius 3 is 2.42 bits per heavy atom. The van der Waals surface area contributed by atoms with Crippen LogP contribution in [0.25, 0.3) is 0 Å². The van der Waals surface area contributed by atoms with Crippen LogP contribution in [0.15, 0.2) is 18.2 Å². The first-order chi connectivity index (χ1) is 8.81. The predicted octanol–water partition coefficient (Wildman–Crippen LogP) is 0.189. The van der Waals surface area contributed by atoms with Gasteiger partial charge in [-0.15, -0.1) is 0 Å². The van der Waals surface area contributed by atoms with Gasteiger partial charge >= 0.3 is 11.9 Å². The van der Waals surface area contributed by atoms with Gasteiger partial charge in [0.1, 0.15) is 17.6 Å². The fourth-order valence-electron chi connectivity index (χ4n) is 1.30. The molecule has 0 aliphatic rings. The third kappa shape index (κ3) is 3.95. The number of phenols is 1. The number of hydrogen-bond donors (Lipinski definition) is 4. The van der Waals surface area contributed by atoms with Crippen LogP contribution in [0, 0.1) is 5.82 Å². The van der Waals surface area contributed by atoms with Crippen molar-refractivity contribution in [3.63, 3.8) is 0 Å². The number of aromatic hydroxyl groups is 1. The van der Waals surface area contributed by atoms with Crippen LogP contribution in [0.3, 0.4) is 0 Å². The summed E-state index contributed by atoms with van der Waals surface area (Å²) < 4.78 is 12.9. The first-order valence-corrected chi connectivity index (χ1v) is 5.05. The third-order valence-corrected chi connectivity index (χ3v) is 2.19. The number of phenolic OH excluding ortho intramolecular Hbond substituents is 1. The molecule has 0 radical (unpaired) electrons. The number of hydrogen-bond acceptors (Lipinski definition) is 4. The monoisotopic (exact) mass is 271 g/mol. The molecule has 0 spiro atoms.